The second-order valence-electron chi connectivity index (χ2n) is 4.39. The summed E-state index contributed by atoms with van der Waals surface area (Å²) in [6.07, 6.45) is 0.811. The highest BCUT2D eigenvalue weighted by molar-refractivity contribution is 5.91. The maximum atomic E-state index is 11.6. The summed E-state index contributed by atoms with van der Waals surface area (Å²) in [6, 6.07) is -0.603. The summed E-state index contributed by atoms with van der Waals surface area (Å²) in [5, 5.41) is 2.53. The lowest BCUT2D eigenvalue weighted by Crippen LogP contribution is -2.57. The number of nitrogens with one attached hydrogen (secondary N) is 1. The molecule has 5 nitrogen and oxygen atoms in total. The van der Waals surface area contributed by atoms with E-state index in [0.29, 0.717) is 0 Å². The van der Waals surface area contributed by atoms with Crippen molar-refractivity contribution < 1.29 is 9.59 Å². The number of amides is 2. The number of rotatable bonds is 5. The van der Waals surface area contributed by atoms with Gasteiger partial charge in [-0.1, -0.05) is 20.3 Å². The van der Waals surface area contributed by atoms with Gasteiger partial charge < -0.3 is 16.8 Å². The van der Waals surface area contributed by atoms with Crippen molar-refractivity contribution in [1.29, 1.82) is 0 Å². The first-order chi connectivity index (χ1) is 6.72. The predicted octanol–water partition coefficient (Wildman–Crippen LogP) is -0.260. The summed E-state index contributed by atoms with van der Waals surface area (Å²) < 4.78 is 0. The van der Waals surface area contributed by atoms with Gasteiger partial charge >= 0.3 is 0 Å². The summed E-state index contributed by atoms with van der Waals surface area (Å²) >= 11 is 0. The molecule has 0 bridgehead atoms. The highest BCUT2D eigenvalue weighted by atomic mass is 16.2. The number of carbonyl (C=O) groups is 2. The van der Waals surface area contributed by atoms with Gasteiger partial charge in [-0.05, 0) is 19.8 Å². The van der Waals surface area contributed by atoms with Gasteiger partial charge in [0.25, 0.3) is 0 Å². The van der Waals surface area contributed by atoms with E-state index in [-0.39, 0.29) is 11.8 Å². The van der Waals surface area contributed by atoms with E-state index in [4.69, 9.17) is 11.5 Å². The van der Waals surface area contributed by atoms with E-state index in [0.717, 1.165) is 6.42 Å². The molecule has 1 unspecified atom stereocenters. The average Bonchev–Trinajstić information content (AvgIpc) is 2.14. The Morgan fingerprint density at radius 1 is 1.40 bits per heavy atom. The van der Waals surface area contributed by atoms with Crippen LogP contribution in [0.1, 0.15) is 34.1 Å². The molecule has 0 saturated carbocycles. The minimum atomic E-state index is -1.05. The zero-order valence-corrected chi connectivity index (χ0v) is 9.83. The van der Waals surface area contributed by atoms with Crippen LogP contribution in [0.25, 0.3) is 0 Å². The van der Waals surface area contributed by atoms with Crippen LogP contribution in [-0.4, -0.2) is 23.4 Å². The smallest absolute Gasteiger partial charge is 0.242 e. The Morgan fingerprint density at radius 3 is 2.20 bits per heavy atom. The monoisotopic (exact) mass is 215 g/mol. The molecule has 0 rings (SSSR count). The SMILES string of the molecule is CCC(C)[C@H](N)C(=O)NC(C)(C)C(N)=O. The first kappa shape index (κ1) is 13.9. The van der Waals surface area contributed by atoms with Gasteiger partial charge in [-0.3, -0.25) is 9.59 Å². The summed E-state index contributed by atoms with van der Waals surface area (Å²) in [5.74, 6) is -0.839. The van der Waals surface area contributed by atoms with Crippen LogP contribution in [0, 0.1) is 5.92 Å². The third-order valence-electron chi connectivity index (χ3n) is 2.61. The van der Waals surface area contributed by atoms with E-state index in [1.165, 1.54) is 0 Å². The maximum Gasteiger partial charge on any atom is 0.242 e. The van der Waals surface area contributed by atoms with Crippen molar-refractivity contribution in [2.75, 3.05) is 0 Å². The van der Waals surface area contributed by atoms with Crippen molar-refractivity contribution in [1.82, 2.24) is 5.32 Å². The molecule has 5 N–H and O–H groups in total. The molecule has 0 fully saturated rings. The predicted molar refractivity (Wildman–Crippen MR) is 58.8 cm³/mol. The van der Waals surface area contributed by atoms with Crippen molar-refractivity contribution >= 4 is 11.8 Å². The van der Waals surface area contributed by atoms with E-state index < -0.39 is 17.5 Å². The van der Waals surface area contributed by atoms with Crippen LogP contribution in [-0.2, 0) is 9.59 Å². The Kier molecular flexibility index (Phi) is 4.74. The average molecular weight is 215 g/mol. The number of primary amides is 1. The van der Waals surface area contributed by atoms with Crippen molar-refractivity contribution in [3.63, 3.8) is 0 Å². The van der Waals surface area contributed by atoms with E-state index in [1.807, 2.05) is 13.8 Å². The van der Waals surface area contributed by atoms with E-state index in [2.05, 4.69) is 5.32 Å². The third-order valence-corrected chi connectivity index (χ3v) is 2.61. The number of carbonyl (C=O) groups excluding carboxylic acids is 2. The Balaban J connectivity index is 4.43. The minimum absolute atomic E-state index is 0.0775. The van der Waals surface area contributed by atoms with Crippen molar-refractivity contribution in [2.45, 2.75) is 45.7 Å². The molecule has 0 spiro atoms. The first-order valence-electron chi connectivity index (χ1n) is 5.09. The Bertz CT molecular complexity index is 251. The lowest BCUT2D eigenvalue weighted by atomic mass is 9.97. The van der Waals surface area contributed by atoms with Crippen LogP contribution < -0.4 is 16.8 Å². The standard InChI is InChI=1S/C10H21N3O2/c1-5-6(2)7(11)8(14)13-10(3,4)9(12)15/h6-7H,5,11H2,1-4H3,(H2,12,15)(H,13,14)/t6?,7-/m0/s1. The van der Waals surface area contributed by atoms with Gasteiger partial charge in [-0.15, -0.1) is 0 Å². The molecule has 0 aromatic heterocycles. The van der Waals surface area contributed by atoms with Crippen LogP contribution in [0.15, 0.2) is 0 Å². The second-order valence-corrected chi connectivity index (χ2v) is 4.39. The van der Waals surface area contributed by atoms with Crippen molar-refractivity contribution in [3.05, 3.63) is 0 Å². The van der Waals surface area contributed by atoms with E-state index in [1.54, 1.807) is 13.8 Å². The van der Waals surface area contributed by atoms with E-state index in [9.17, 15) is 9.59 Å². The van der Waals surface area contributed by atoms with Crippen LogP contribution in [0.2, 0.25) is 0 Å². The Hall–Kier alpha value is -1.10. The highest BCUT2D eigenvalue weighted by Crippen LogP contribution is 2.07. The van der Waals surface area contributed by atoms with Gasteiger partial charge in [0.1, 0.15) is 5.54 Å². The van der Waals surface area contributed by atoms with Gasteiger partial charge in [0, 0.05) is 0 Å². The molecule has 0 aliphatic rings. The van der Waals surface area contributed by atoms with Gasteiger partial charge in [-0.2, -0.15) is 0 Å². The Morgan fingerprint density at radius 2 is 1.87 bits per heavy atom. The zero-order valence-electron chi connectivity index (χ0n) is 9.83. The summed E-state index contributed by atoms with van der Waals surface area (Å²) in [5.41, 5.74) is 9.79. The molecule has 0 saturated heterocycles. The molecule has 0 radical (unpaired) electrons. The number of hydrogen-bond acceptors (Lipinski definition) is 3. The van der Waals surface area contributed by atoms with Crippen molar-refractivity contribution in [3.8, 4) is 0 Å². The third kappa shape index (κ3) is 3.87. The van der Waals surface area contributed by atoms with E-state index >= 15 is 0 Å². The highest BCUT2D eigenvalue weighted by Gasteiger charge is 2.30. The fourth-order valence-corrected chi connectivity index (χ4v) is 0.965. The zero-order chi connectivity index (χ0) is 12.2. The molecular weight excluding hydrogens is 194 g/mol. The normalized spacial score (nSPS) is 15.5. The number of hydrogen-bond donors (Lipinski definition) is 3. The molecule has 5 heteroatoms. The molecule has 0 aliphatic heterocycles. The van der Waals surface area contributed by atoms with Crippen LogP contribution in [0.4, 0.5) is 0 Å². The summed E-state index contributed by atoms with van der Waals surface area (Å²) in [6.45, 7) is 6.95. The molecular formula is C10H21N3O2. The lowest BCUT2D eigenvalue weighted by Gasteiger charge is -2.26. The number of nitrogens with two attached hydrogens (primary N) is 2. The second kappa shape index (κ2) is 5.11. The molecule has 2 amide bonds. The molecule has 0 heterocycles. The minimum Gasteiger partial charge on any atom is -0.368 e. The van der Waals surface area contributed by atoms with Gasteiger partial charge in [0.15, 0.2) is 0 Å². The molecule has 0 aromatic carbocycles. The molecule has 2 atom stereocenters. The maximum absolute atomic E-state index is 11.6. The van der Waals surface area contributed by atoms with Gasteiger partial charge in [-0.25, -0.2) is 0 Å². The van der Waals surface area contributed by atoms with Gasteiger partial charge in [0.05, 0.1) is 6.04 Å². The molecule has 15 heavy (non-hydrogen) atoms. The molecule has 88 valence electrons. The topological polar surface area (TPSA) is 98.2 Å². The molecule has 0 aliphatic carbocycles. The van der Waals surface area contributed by atoms with Crippen LogP contribution in [0.3, 0.4) is 0 Å². The van der Waals surface area contributed by atoms with Crippen LogP contribution >= 0.6 is 0 Å². The fourth-order valence-electron chi connectivity index (χ4n) is 0.965. The lowest BCUT2D eigenvalue weighted by molar-refractivity contribution is -0.131. The Labute approximate surface area is 90.6 Å². The van der Waals surface area contributed by atoms with Gasteiger partial charge in [0.2, 0.25) is 11.8 Å². The fraction of sp³-hybridized carbons (Fsp3) is 0.800. The quantitative estimate of drug-likeness (QED) is 0.589. The van der Waals surface area contributed by atoms with Crippen LogP contribution in [0.5, 0.6) is 0 Å². The largest absolute Gasteiger partial charge is 0.368 e. The molecule has 0 aromatic rings. The first-order valence-corrected chi connectivity index (χ1v) is 5.09. The van der Waals surface area contributed by atoms with Crippen molar-refractivity contribution in [2.24, 2.45) is 17.4 Å². The summed E-state index contributed by atoms with van der Waals surface area (Å²) in [4.78, 5) is 22.6. The summed E-state index contributed by atoms with van der Waals surface area (Å²) in [7, 11) is 0.